The SMILES string of the molecule is O=C(Nc1ccc(OC(F)(F)F)cc1)N1CC(c2cnc3cc(Cl)ccc3c2)C(c2ccccc2)=N1. The molecule has 2 heterocycles. The first-order valence-corrected chi connectivity index (χ1v) is 11.3. The fraction of sp³-hybridized carbons (Fsp3) is 0.115. The van der Waals surface area contributed by atoms with E-state index in [1.54, 1.807) is 18.3 Å². The molecule has 1 aliphatic heterocycles. The number of hydrogen-bond donors (Lipinski definition) is 1. The van der Waals surface area contributed by atoms with Crippen LogP contribution in [0.25, 0.3) is 10.9 Å². The van der Waals surface area contributed by atoms with Gasteiger partial charge in [-0.1, -0.05) is 48.0 Å². The van der Waals surface area contributed by atoms with E-state index in [0.717, 1.165) is 34.2 Å². The zero-order valence-corrected chi connectivity index (χ0v) is 19.3. The van der Waals surface area contributed by atoms with Crippen LogP contribution < -0.4 is 10.1 Å². The summed E-state index contributed by atoms with van der Waals surface area (Å²) >= 11 is 6.08. The molecule has 0 fully saturated rings. The minimum atomic E-state index is -4.79. The molecule has 1 unspecified atom stereocenters. The molecule has 2 amide bonds. The van der Waals surface area contributed by atoms with E-state index in [1.807, 2.05) is 42.5 Å². The molecule has 5 rings (SSSR count). The number of aromatic nitrogens is 1. The molecule has 0 bridgehead atoms. The Bertz CT molecular complexity index is 1440. The molecule has 6 nitrogen and oxygen atoms in total. The van der Waals surface area contributed by atoms with E-state index < -0.39 is 12.4 Å². The van der Waals surface area contributed by atoms with Crippen molar-refractivity contribution in [2.75, 3.05) is 11.9 Å². The van der Waals surface area contributed by atoms with E-state index in [2.05, 4.69) is 20.1 Å². The van der Waals surface area contributed by atoms with Crippen LogP contribution in [0.4, 0.5) is 23.7 Å². The van der Waals surface area contributed by atoms with Crippen LogP contribution in [0.5, 0.6) is 5.75 Å². The summed E-state index contributed by atoms with van der Waals surface area (Å²) in [4.78, 5) is 17.5. The average molecular weight is 511 g/mol. The van der Waals surface area contributed by atoms with Gasteiger partial charge in [0.1, 0.15) is 5.75 Å². The number of benzene rings is 3. The van der Waals surface area contributed by atoms with E-state index in [1.165, 1.54) is 17.1 Å². The summed E-state index contributed by atoms with van der Waals surface area (Å²) in [5.74, 6) is -0.621. The minimum absolute atomic E-state index is 0.242. The molecule has 0 aliphatic carbocycles. The first-order valence-electron chi connectivity index (χ1n) is 10.9. The zero-order valence-electron chi connectivity index (χ0n) is 18.5. The number of amides is 2. The van der Waals surface area contributed by atoms with Gasteiger partial charge in [0.15, 0.2) is 0 Å². The Labute approximate surface area is 209 Å². The van der Waals surface area contributed by atoms with E-state index in [9.17, 15) is 18.0 Å². The highest BCUT2D eigenvalue weighted by atomic mass is 35.5. The Kier molecular flexibility index (Phi) is 6.24. The summed E-state index contributed by atoms with van der Waals surface area (Å²) in [5, 5.41) is 10.1. The van der Waals surface area contributed by atoms with Crippen molar-refractivity contribution in [2.24, 2.45) is 5.10 Å². The number of alkyl halides is 3. The Morgan fingerprint density at radius 2 is 1.78 bits per heavy atom. The number of carbonyl (C=O) groups excluding carboxylic acids is 1. The van der Waals surface area contributed by atoms with Crippen LogP contribution in [0.15, 0.2) is 90.2 Å². The maximum absolute atomic E-state index is 13.0. The highest BCUT2D eigenvalue weighted by molar-refractivity contribution is 6.31. The molecule has 0 saturated heterocycles. The van der Waals surface area contributed by atoms with Crippen LogP contribution in [0.2, 0.25) is 5.02 Å². The number of nitrogens with one attached hydrogen (secondary N) is 1. The standard InChI is InChI=1S/C26H18ClF3N4O2/c27-19-7-6-17-12-18(14-31-23(17)13-19)22-15-34(33-24(22)16-4-2-1-3-5-16)25(35)32-20-8-10-21(11-9-20)36-26(28,29)30/h1-14,22H,15H2,(H,32,35). The molecule has 10 heteroatoms. The summed E-state index contributed by atoms with van der Waals surface area (Å²) in [7, 11) is 0. The quantitative estimate of drug-likeness (QED) is 0.327. The van der Waals surface area contributed by atoms with Crippen molar-refractivity contribution in [1.29, 1.82) is 0 Å². The summed E-state index contributed by atoms with van der Waals surface area (Å²) in [5.41, 5.74) is 3.52. The van der Waals surface area contributed by atoms with Crippen molar-refractivity contribution >= 4 is 39.9 Å². The lowest BCUT2D eigenvalue weighted by molar-refractivity contribution is -0.274. The second kappa shape index (κ2) is 9.50. The van der Waals surface area contributed by atoms with E-state index in [0.29, 0.717) is 16.4 Å². The highest BCUT2D eigenvalue weighted by Gasteiger charge is 2.33. The number of carbonyl (C=O) groups is 1. The maximum atomic E-state index is 13.0. The molecule has 182 valence electrons. The van der Waals surface area contributed by atoms with Crippen LogP contribution in [0.1, 0.15) is 17.0 Å². The molecule has 1 aromatic heterocycles. The van der Waals surface area contributed by atoms with Crippen LogP contribution in [-0.2, 0) is 0 Å². The van der Waals surface area contributed by atoms with Gasteiger partial charge >= 0.3 is 12.4 Å². The van der Waals surface area contributed by atoms with Crippen molar-refractivity contribution in [1.82, 2.24) is 9.99 Å². The normalized spacial score (nSPS) is 15.6. The number of rotatable bonds is 4. The fourth-order valence-electron chi connectivity index (χ4n) is 3.99. The van der Waals surface area contributed by atoms with Crippen molar-refractivity contribution in [3.63, 3.8) is 0 Å². The van der Waals surface area contributed by atoms with Gasteiger partial charge in [0.05, 0.1) is 23.7 Å². The molecule has 4 aromatic rings. The summed E-state index contributed by atoms with van der Waals surface area (Å²) in [6, 6.07) is 21.4. The molecule has 1 atom stereocenters. The van der Waals surface area contributed by atoms with Crippen molar-refractivity contribution in [3.8, 4) is 5.75 Å². The van der Waals surface area contributed by atoms with Gasteiger partial charge < -0.3 is 10.1 Å². The van der Waals surface area contributed by atoms with Crippen molar-refractivity contribution < 1.29 is 22.7 Å². The van der Waals surface area contributed by atoms with Gasteiger partial charge in [-0.25, -0.2) is 9.80 Å². The highest BCUT2D eigenvalue weighted by Crippen LogP contribution is 2.31. The number of nitrogens with zero attached hydrogens (tertiary/aromatic N) is 3. The van der Waals surface area contributed by atoms with Gasteiger partial charge in [-0.2, -0.15) is 5.10 Å². The molecule has 0 radical (unpaired) electrons. The van der Waals surface area contributed by atoms with Crippen LogP contribution in [-0.4, -0.2) is 34.6 Å². The van der Waals surface area contributed by atoms with E-state index >= 15 is 0 Å². The average Bonchev–Trinajstić information content (AvgIpc) is 3.30. The molecule has 1 aliphatic rings. The third-order valence-electron chi connectivity index (χ3n) is 5.63. The predicted octanol–water partition coefficient (Wildman–Crippen LogP) is 6.82. The number of urea groups is 1. The fourth-order valence-corrected chi connectivity index (χ4v) is 4.16. The Morgan fingerprint density at radius 1 is 1.03 bits per heavy atom. The predicted molar refractivity (Wildman–Crippen MR) is 131 cm³/mol. The Balaban J connectivity index is 1.40. The van der Waals surface area contributed by atoms with E-state index in [4.69, 9.17) is 11.6 Å². The molecule has 0 spiro atoms. The summed E-state index contributed by atoms with van der Waals surface area (Å²) < 4.78 is 41.0. The molecule has 1 N–H and O–H groups in total. The van der Waals surface area contributed by atoms with Crippen LogP contribution in [0, 0.1) is 0 Å². The Morgan fingerprint density at radius 3 is 2.50 bits per heavy atom. The number of ether oxygens (including phenoxy) is 1. The first kappa shape index (κ1) is 23.6. The lowest BCUT2D eigenvalue weighted by Crippen LogP contribution is -2.30. The van der Waals surface area contributed by atoms with Gasteiger partial charge in [-0.15, -0.1) is 13.2 Å². The molecule has 36 heavy (non-hydrogen) atoms. The third-order valence-corrected chi connectivity index (χ3v) is 5.86. The molecular weight excluding hydrogens is 493 g/mol. The largest absolute Gasteiger partial charge is 0.573 e. The maximum Gasteiger partial charge on any atom is 0.573 e. The molecule has 0 saturated carbocycles. The zero-order chi connectivity index (χ0) is 25.3. The second-order valence-electron chi connectivity index (χ2n) is 8.09. The first-order chi connectivity index (χ1) is 17.2. The van der Waals surface area contributed by atoms with Gasteiger partial charge in [0, 0.05) is 22.3 Å². The van der Waals surface area contributed by atoms with Crippen molar-refractivity contribution in [3.05, 3.63) is 101 Å². The topological polar surface area (TPSA) is 66.8 Å². The molecule has 3 aromatic carbocycles. The lowest BCUT2D eigenvalue weighted by atomic mass is 9.91. The van der Waals surface area contributed by atoms with Gasteiger partial charge in [-0.3, -0.25) is 4.98 Å². The number of hydrazone groups is 1. The monoisotopic (exact) mass is 510 g/mol. The van der Waals surface area contributed by atoms with Gasteiger partial charge in [-0.05, 0) is 53.6 Å². The summed E-state index contributed by atoms with van der Waals surface area (Å²) in [6.07, 6.45) is -3.04. The van der Waals surface area contributed by atoms with Crippen LogP contribution >= 0.6 is 11.6 Å². The van der Waals surface area contributed by atoms with E-state index in [-0.39, 0.29) is 18.2 Å². The smallest absolute Gasteiger partial charge is 0.406 e. The van der Waals surface area contributed by atoms with Gasteiger partial charge in [0.25, 0.3) is 0 Å². The number of halogens is 4. The third kappa shape index (κ3) is 5.26. The number of pyridine rings is 1. The number of anilines is 1. The summed E-state index contributed by atoms with van der Waals surface area (Å²) in [6.45, 7) is 0.256. The Hall–Kier alpha value is -4.11. The van der Waals surface area contributed by atoms with Crippen LogP contribution in [0.3, 0.4) is 0 Å². The second-order valence-corrected chi connectivity index (χ2v) is 8.53. The number of fused-ring (bicyclic) bond motifs is 1. The van der Waals surface area contributed by atoms with Crippen molar-refractivity contribution in [2.45, 2.75) is 12.3 Å². The van der Waals surface area contributed by atoms with Gasteiger partial charge in [0.2, 0.25) is 0 Å². The number of hydrogen-bond acceptors (Lipinski definition) is 4. The minimum Gasteiger partial charge on any atom is -0.406 e. The molecular formula is C26H18ClF3N4O2. The lowest BCUT2D eigenvalue weighted by Gasteiger charge is -2.16.